The second-order valence-corrected chi connectivity index (χ2v) is 24.6. The van der Waals surface area contributed by atoms with Crippen LogP contribution in [0.15, 0.2) is 364 Å². The van der Waals surface area contributed by atoms with E-state index in [1.165, 1.54) is 155 Å². The Kier molecular flexibility index (Phi) is 12.8. The zero-order chi connectivity index (χ0) is 61.4. The van der Waals surface area contributed by atoms with E-state index in [-0.39, 0.29) is 0 Å². The number of nitrogens with zero attached hydrogens (tertiary/aromatic N) is 2. The highest BCUT2D eigenvalue weighted by atomic mass is 15.0. The summed E-state index contributed by atoms with van der Waals surface area (Å²) in [7, 11) is 0. The van der Waals surface area contributed by atoms with Crippen molar-refractivity contribution in [3.63, 3.8) is 0 Å². The fourth-order valence-electron chi connectivity index (χ4n) is 15.4. The number of benzene rings is 15. The van der Waals surface area contributed by atoms with E-state index < -0.39 is 5.41 Å². The topological polar surface area (TPSA) is 9.86 Å². The van der Waals surface area contributed by atoms with E-state index in [2.05, 4.69) is 373 Å². The van der Waals surface area contributed by atoms with Crippen molar-refractivity contribution in [1.82, 2.24) is 9.13 Å². The van der Waals surface area contributed by atoms with Crippen LogP contribution in [0.5, 0.6) is 0 Å². The molecule has 0 N–H and O–H groups in total. The molecule has 0 saturated carbocycles. The van der Waals surface area contributed by atoms with Crippen molar-refractivity contribution >= 4 is 43.6 Å². The Morgan fingerprint density at radius 2 is 0.527 bits per heavy atom. The Hall–Kier alpha value is -12.1. The third-order valence-corrected chi connectivity index (χ3v) is 19.7. The lowest BCUT2D eigenvalue weighted by molar-refractivity contribution is 0.771. The molecule has 2 heterocycles. The molecule has 434 valence electrons. The Morgan fingerprint density at radius 3 is 1.10 bits per heavy atom. The third-order valence-electron chi connectivity index (χ3n) is 19.7. The molecular formula is C91H60N2. The standard InChI is InChI=1S/C91H60N2/c1-3-22-61(23-4-1)64-50-54-72(55-51-64)92-87-40-19-13-34-79(87)81-59-69(52-56-89(81)92)70-53-57-90-82(60-70)80-35-14-20-41-88(80)93(90)86-39-18-12-29-74(86)67-48-46-63(47-49-67)62-42-44-65(45-43-62)68-26-21-27-71(58-68)91(84-37-16-10-32-77(84)78-33-11-17-38-85(78)91)83-36-15-9-31-76(83)75-30-8-7-28-73(75)66-24-5-2-6-25-66/h1-60H. The molecule has 2 aromatic heterocycles. The van der Waals surface area contributed by atoms with Crippen LogP contribution in [0.25, 0.3) is 144 Å². The van der Waals surface area contributed by atoms with E-state index in [1.807, 2.05) is 0 Å². The van der Waals surface area contributed by atoms with Gasteiger partial charge in [0.05, 0.1) is 33.2 Å². The molecule has 18 rings (SSSR count). The molecule has 0 aliphatic heterocycles. The van der Waals surface area contributed by atoms with Crippen LogP contribution in [0.1, 0.15) is 22.3 Å². The maximum Gasteiger partial charge on any atom is 0.0719 e. The summed E-state index contributed by atoms with van der Waals surface area (Å²) in [6.45, 7) is 0. The molecular weight excluding hydrogens is 1120 g/mol. The van der Waals surface area contributed by atoms with Gasteiger partial charge in [0.1, 0.15) is 0 Å². The van der Waals surface area contributed by atoms with Crippen molar-refractivity contribution in [3.05, 3.63) is 386 Å². The van der Waals surface area contributed by atoms with Gasteiger partial charge in [-0.3, -0.25) is 0 Å². The summed E-state index contributed by atoms with van der Waals surface area (Å²) in [5.74, 6) is 0. The Bertz CT molecular complexity index is 5670. The number of hydrogen-bond acceptors (Lipinski definition) is 0. The first-order valence-corrected chi connectivity index (χ1v) is 32.2. The van der Waals surface area contributed by atoms with Crippen molar-refractivity contribution in [2.75, 3.05) is 0 Å². The first kappa shape index (κ1) is 53.9. The van der Waals surface area contributed by atoms with Crippen LogP contribution < -0.4 is 0 Å². The van der Waals surface area contributed by atoms with Crippen LogP contribution in [0.4, 0.5) is 0 Å². The summed E-state index contributed by atoms with van der Waals surface area (Å²) < 4.78 is 4.86. The van der Waals surface area contributed by atoms with Crippen molar-refractivity contribution in [1.29, 1.82) is 0 Å². The van der Waals surface area contributed by atoms with Gasteiger partial charge in [-0.25, -0.2) is 0 Å². The fraction of sp³-hybridized carbons (Fsp3) is 0.0110. The maximum atomic E-state index is 2.46. The average Bonchev–Trinajstić information content (AvgIpc) is 1.57. The van der Waals surface area contributed by atoms with Gasteiger partial charge in [0.25, 0.3) is 0 Å². The van der Waals surface area contributed by atoms with Crippen LogP contribution in [-0.4, -0.2) is 9.13 Å². The summed E-state index contributed by atoms with van der Waals surface area (Å²) in [4.78, 5) is 0. The Balaban J connectivity index is 0.669. The van der Waals surface area contributed by atoms with Gasteiger partial charge >= 0.3 is 0 Å². The molecule has 0 amide bonds. The van der Waals surface area contributed by atoms with Crippen LogP contribution in [0.2, 0.25) is 0 Å². The van der Waals surface area contributed by atoms with E-state index in [9.17, 15) is 0 Å². The Labute approximate surface area is 541 Å². The highest BCUT2D eigenvalue weighted by Gasteiger charge is 2.47. The van der Waals surface area contributed by atoms with Gasteiger partial charge in [0.15, 0.2) is 0 Å². The Morgan fingerprint density at radius 1 is 0.183 bits per heavy atom. The van der Waals surface area contributed by atoms with E-state index in [0.717, 1.165) is 11.4 Å². The lowest BCUT2D eigenvalue weighted by atomic mass is 9.65. The lowest BCUT2D eigenvalue weighted by Crippen LogP contribution is -2.29. The largest absolute Gasteiger partial charge is 0.309 e. The molecule has 93 heavy (non-hydrogen) atoms. The van der Waals surface area contributed by atoms with Crippen molar-refractivity contribution in [2.45, 2.75) is 5.41 Å². The van der Waals surface area contributed by atoms with Crippen LogP contribution in [0.3, 0.4) is 0 Å². The summed E-state index contributed by atoms with van der Waals surface area (Å²) in [6.07, 6.45) is 0. The number of para-hydroxylation sites is 3. The normalized spacial score (nSPS) is 12.4. The van der Waals surface area contributed by atoms with Gasteiger partial charge in [-0.2, -0.15) is 0 Å². The average molecular weight is 1180 g/mol. The number of rotatable bonds is 11. The lowest BCUT2D eigenvalue weighted by Gasteiger charge is -2.36. The highest BCUT2D eigenvalue weighted by Crippen LogP contribution is 2.58. The van der Waals surface area contributed by atoms with E-state index >= 15 is 0 Å². The van der Waals surface area contributed by atoms with E-state index in [0.29, 0.717) is 0 Å². The molecule has 0 saturated heterocycles. The van der Waals surface area contributed by atoms with E-state index in [4.69, 9.17) is 0 Å². The predicted octanol–water partition coefficient (Wildman–Crippen LogP) is 23.9. The minimum absolute atomic E-state index is 0.602. The fourth-order valence-corrected chi connectivity index (χ4v) is 15.4. The van der Waals surface area contributed by atoms with Crippen LogP contribution in [0, 0.1) is 0 Å². The number of fused-ring (bicyclic) bond motifs is 9. The molecule has 0 fully saturated rings. The van der Waals surface area contributed by atoms with Crippen molar-refractivity contribution in [3.8, 4) is 100 Å². The first-order valence-electron chi connectivity index (χ1n) is 32.2. The second kappa shape index (κ2) is 22.1. The van der Waals surface area contributed by atoms with Crippen LogP contribution >= 0.6 is 0 Å². The molecule has 17 aromatic rings. The molecule has 0 unspecified atom stereocenters. The van der Waals surface area contributed by atoms with Gasteiger partial charge in [-0.1, -0.05) is 303 Å². The molecule has 2 nitrogen and oxygen atoms in total. The molecule has 0 bridgehead atoms. The number of hydrogen-bond donors (Lipinski definition) is 0. The summed E-state index contributed by atoms with van der Waals surface area (Å²) >= 11 is 0. The molecule has 0 atom stereocenters. The maximum absolute atomic E-state index is 2.46. The number of aromatic nitrogens is 2. The van der Waals surface area contributed by atoms with Gasteiger partial charge in [-0.15, -0.1) is 0 Å². The van der Waals surface area contributed by atoms with Gasteiger partial charge < -0.3 is 9.13 Å². The summed E-state index contributed by atoms with van der Waals surface area (Å²) in [6, 6.07) is 135. The zero-order valence-corrected chi connectivity index (χ0v) is 51.0. The molecule has 1 aliphatic carbocycles. The first-order chi connectivity index (χ1) is 46.1. The molecule has 0 spiro atoms. The van der Waals surface area contributed by atoms with Gasteiger partial charge in [-0.05, 0) is 166 Å². The second-order valence-electron chi connectivity index (χ2n) is 24.6. The van der Waals surface area contributed by atoms with E-state index in [1.54, 1.807) is 0 Å². The van der Waals surface area contributed by atoms with Crippen molar-refractivity contribution < 1.29 is 0 Å². The molecule has 1 aliphatic rings. The zero-order valence-electron chi connectivity index (χ0n) is 51.0. The SMILES string of the molecule is c1ccc(-c2ccc(-n3c4ccccc4c4cc(-c5ccc6c(c5)c5ccccc5n6-c5ccccc5-c5ccc(-c6ccc(-c7cccc(C8(c9ccccc9-c9ccccc9-c9ccccc9)c9ccccc9-c9ccccc98)c7)cc6)cc5)ccc43)cc2)cc1. The minimum atomic E-state index is -0.602. The van der Waals surface area contributed by atoms with Crippen molar-refractivity contribution in [2.24, 2.45) is 0 Å². The molecule has 2 heteroatoms. The monoisotopic (exact) mass is 1180 g/mol. The molecule has 15 aromatic carbocycles. The third kappa shape index (κ3) is 8.79. The van der Waals surface area contributed by atoms with Gasteiger partial charge in [0.2, 0.25) is 0 Å². The van der Waals surface area contributed by atoms with Gasteiger partial charge in [0, 0.05) is 32.8 Å². The van der Waals surface area contributed by atoms with Crippen LogP contribution in [-0.2, 0) is 5.41 Å². The predicted molar refractivity (Wildman–Crippen MR) is 390 cm³/mol. The quantitative estimate of drug-likeness (QED) is 0.122. The highest BCUT2D eigenvalue weighted by molar-refractivity contribution is 6.13. The smallest absolute Gasteiger partial charge is 0.0719 e. The summed E-state index contributed by atoms with van der Waals surface area (Å²) in [5, 5.41) is 4.93. The minimum Gasteiger partial charge on any atom is -0.309 e. The molecule has 0 radical (unpaired) electrons. The summed E-state index contributed by atoms with van der Waals surface area (Å²) in [5.41, 5.74) is 30.8.